The van der Waals surface area contributed by atoms with Crippen molar-refractivity contribution in [2.24, 2.45) is 0 Å². The van der Waals surface area contributed by atoms with Crippen molar-refractivity contribution in [2.45, 2.75) is 39.8 Å². The fraction of sp³-hybridized carbons (Fsp3) is 0.583. The summed E-state index contributed by atoms with van der Waals surface area (Å²) >= 11 is 1.80. The van der Waals surface area contributed by atoms with Crippen LogP contribution in [0.15, 0.2) is 6.07 Å². The second-order valence-corrected chi connectivity index (χ2v) is 5.35. The molecule has 0 fully saturated rings. The van der Waals surface area contributed by atoms with E-state index < -0.39 is 0 Å². The fourth-order valence-electron chi connectivity index (χ4n) is 1.42. The summed E-state index contributed by atoms with van der Waals surface area (Å²) in [6, 6.07) is 2.34. The van der Waals surface area contributed by atoms with E-state index in [9.17, 15) is 4.79 Å². The molecule has 0 spiro atoms. The summed E-state index contributed by atoms with van der Waals surface area (Å²) in [5.74, 6) is -0.168. The lowest BCUT2D eigenvalue weighted by molar-refractivity contribution is -0.141. The first-order valence-corrected chi connectivity index (χ1v) is 6.20. The van der Waals surface area contributed by atoms with Gasteiger partial charge in [-0.15, -0.1) is 11.3 Å². The third-order valence-corrected chi connectivity index (χ3v) is 3.69. The molecule has 1 N–H and O–H groups in total. The molecule has 0 amide bonds. The Hall–Kier alpha value is -0.870. The van der Waals surface area contributed by atoms with Gasteiger partial charge in [0.15, 0.2) is 0 Å². The van der Waals surface area contributed by atoms with Crippen LogP contribution in [0.1, 0.15) is 28.7 Å². The Bertz CT molecular complexity index is 340. The lowest BCUT2D eigenvalue weighted by Crippen LogP contribution is -2.28. The summed E-state index contributed by atoms with van der Waals surface area (Å²) < 4.78 is 4.62. The fourth-order valence-corrected chi connectivity index (χ4v) is 2.42. The third-order valence-electron chi connectivity index (χ3n) is 2.54. The largest absolute Gasteiger partial charge is 0.469 e. The normalized spacial score (nSPS) is 12.5. The van der Waals surface area contributed by atoms with Gasteiger partial charge in [-0.1, -0.05) is 0 Å². The maximum atomic E-state index is 11.0. The molecule has 0 radical (unpaired) electrons. The highest BCUT2D eigenvalue weighted by molar-refractivity contribution is 7.12. The minimum absolute atomic E-state index is 0.148. The zero-order chi connectivity index (χ0) is 12.1. The number of hydrogen-bond donors (Lipinski definition) is 1. The van der Waals surface area contributed by atoms with Crippen molar-refractivity contribution < 1.29 is 9.53 Å². The van der Waals surface area contributed by atoms with Crippen molar-refractivity contribution in [1.82, 2.24) is 5.32 Å². The van der Waals surface area contributed by atoms with E-state index in [0.29, 0.717) is 6.42 Å². The minimum atomic E-state index is -0.168. The Balaban J connectivity index is 2.36. The SMILES string of the molecule is COC(=O)CC(C)NCc1cc(C)c(C)s1. The van der Waals surface area contributed by atoms with Gasteiger partial charge in [-0.05, 0) is 32.4 Å². The molecule has 1 aromatic rings. The molecule has 1 heterocycles. The van der Waals surface area contributed by atoms with Crippen molar-refractivity contribution in [2.75, 3.05) is 7.11 Å². The molecule has 0 saturated heterocycles. The Kier molecular flexibility index (Phi) is 4.96. The van der Waals surface area contributed by atoms with E-state index in [2.05, 4.69) is 30.0 Å². The summed E-state index contributed by atoms with van der Waals surface area (Å²) in [5, 5.41) is 3.31. The smallest absolute Gasteiger partial charge is 0.307 e. The number of esters is 1. The van der Waals surface area contributed by atoms with Crippen molar-refractivity contribution in [3.05, 3.63) is 21.4 Å². The van der Waals surface area contributed by atoms with Crippen LogP contribution in [0.5, 0.6) is 0 Å². The van der Waals surface area contributed by atoms with Crippen LogP contribution < -0.4 is 5.32 Å². The number of nitrogens with one attached hydrogen (secondary N) is 1. The second kappa shape index (κ2) is 6.01. The van der Waals surface area contributed by atoms with Crippen LogP contribution in [0, 0.1) is 13.8 Å². The maximum Gasteiger partial charge on any atom is 0.307 e. The standard InChI is InChI=1S/C12H19NO2S/c1-8-5-11(16-10(8)3)7-13-9(2)6-12(14)15-4/h5,9,13H,6-7H2,1-4H3. The van der Waals surface area contributed by atoms with Crippen LogP contribution in [0.2, 0.25) is 0 Å². The maximum absolute atomic E-state index is 11.0. The molecule has 1 atom stereocenters. The van der Waals surface area contributed by atoms with E-state index in [1.165, 1.54) is 22.4 Å². The average Bonchev–Trinajstić information content (AvgIpc) is 2.55. The predicted molar refractivity (Wildman–Crippen MR) is 66.7 cm³/mol. The molecule has 16 heavy (non-hydrogen) atoms. The highest BCUT2D eigenvalue weighted by Gasteiger charge is 2.09. The summed E-state index contributed by atoms with van der Waals surface area (Å²) in [4.78, 5) is 13.7. The number of carbonyl (C=O) groups excluding carboxylic acids is 1. The molecular formula is C12H19NO2S. The van der Waals surface area contributed by atoms with Crippen molar-refractivity contribution in [1.29, 1.82) is 0 Å². The van der Waals surface area contributed by atoms with E-state index in [4.69, 9.17) is 0 Å². The molecule has 0 bridgehead atoms. The summed E-state index contributed by atoms with van der Waals surface area (Å²) in [6.45, 7) is 7.05. The molecule has 1 aromatic heterocycles. The van der Waals surface area contributed by atoms with Gasteiger partial charge in [-0.2, -0.15) is 0 Å². The van der Waals surface area contributed by atoms with Gasteiger partial charge < -0.3 is 10.1 Å². The predicted octanol–water partition coefficient (Wildman–Crippen LogP) is 2.41. The number of ether oxygens (including phenoxy) is 1. The van der Waals surface area contributed by atoms with E-state index in [-0.39, 0.29) is 12.0 Å². The zero-order valence-corrected chi connectivity index (χ0v) is 11.1. The van der Waals surface area contributed by atoms with Gasteiger partial charge >= 0.3 is 5.97 Å². The molecule has 4 heteroatoms. The molecule has 0 aromatic carbocycles. The van der Waals surface area contributed by atoms with Gasteiger partial charge in [0.25, 0.3) is 0 Å². The summed E-state index contributed by atoms with van der Waals surface area (Å²) in [5.41, 5.74) is 1.34. The molecule has 1 unspecified atom stereocenters. The van der Waals surface area contributed by atoms with Gasteiger partial charge in [0, 0.05) is 22.3 Å². The molecule has 0 saturated carbocycles. The topological polar surface area (TPSA) is 38.3 Å². The highest BCUT2D eigenvalue weighted by Crippen LogP contribution is 2.20. The number of carbonyl (C=O) groups is 1. The van der Waals surface area contributed by atoms with Crippen LogP contribution in [-0.4, -0.2) is 19.1 Å². The number of aryl methyl sites for hydroxylation is 2. The lowest BCUT2D eigenvalue weighted by atomic mass is 10.2. The van der Waals surface area contributed by atoms with Crippen LogP contribution in [0.3, 0.4) is 0 Å². The molecule has 3 nitrogen and oxygen atoms in total. The minimum Gasteiger partial charge on any atom is -0.469 e. The average molecular weight is 241 g/mol. The highest BCUT2D eigenvalue weighted by atomic mass is 32.1. The quantitative estimate of drug-likeness (QED) is 0.805. The van der Waals surface area contributed by atoms with Crippen LogP contribution >= 0.6 is 11.3 Å². The zero-order valence-electron chi connectivity index (χ0n) is 10.3. The van der Waals surface area contributed by atoms with E-state index in [1.807, 2.05) is 6.92 Å². The third kappa shape index (κ3) is 3.94. The Labute approximate surface area is 101 Å². The van der Waals surface area contributed by atoms with Crippen LogP contribution in [0.4, 0.5) is 0 Å². The first kappa shape index (κ1) is 13.2. The lowest BCUT2D eigenvalue weighted by Gasteiger charge is -2.11. The second-order valence-electron chi connectivity index (χ2n) is 4.01. The summed E-state index contributed by atoms with van der Waals surface area (Å²) in [7, 11) is 1.42. The monoisotopic (exact) mass is 241 g/mol. The first-order valence-electron chi connectivity index (χ1n) is 5.39. The Morgan fingerprint density at radius 1 is 1.56 bits per heavy atom. The molecule has 1 rings (SSSR count). The van der Waals surface area contributed by atoms with Crippen molar-refractivity contribution in [3.8, 4) is 0 Å². The first-order chi connectivity index (χ1) is 7.52. The van der Waals surface area contributed by atoms with Gasteiger partial charge in [-0.3, -0.25) is 4.79 Å². The Morgan fingerprint density at radius 3 is 2.75 bits per heavy atom. The summed E-state index contributed by atoms with van der Waals surface area (Å²) in [6.07, 6.45) is 0.417. The van der Waals surface area contributed by atoms with Gasteiger partial charge in [0.05, 0.1) is 13.5 Å². The van der Waals surface area contributed by atoms with Crippen molar-refractivity contribution in [3.63, 3.8) is 0 Å². The van der Waals surface area contributed by atoms with Crippen molar-refractivity contribution >= 4 is 17.3 Å². The Morgan fingerprint density at radius 2 is 2.25 bits per heavy atom. The number of methoxy groups -OCH3 is 1. The molecule has 0 aliphatic heterocycles. The van der Waals surface area contributed by atoms with Gasteiger partial charge in [0.1, 0.15) is 0 Å². The molecule has 90 valence electrons. The number of rotatable bonds is 5. The number of hydrogen-bond acceptors (Lipinski definition) is 4. The van der Waals surface area contributed by atoms with Gasteiger partial charge in [0.2, 0.25) is 0 Å². The van der Waals surface area contributed by atoms with E-state index in [1.54, 1.807) is 11.3 Å². The van der Waals surface area contributed by atoms with E-state index in [0.717, 1.165) is 6.54 Å². The van der Waals surface area contributed by atoms with Crippen LogP contribution in [0.25, 0.3) is 0 Å². The van der Waals surface area contributed by atoms with E-state index >= 15 is 0 Å². The van der Waals surface area contributed by atoms with Gasteiger partial charge in [-0.25, -0.2) is 0 Å². The molecule has 0 aliphatic carbocycles. The molecule has 0 aliphatic rings. The number of thiophene rings is 1. The van der Waals surface area contributed by atoms with Crippen LogP contribution in [-0.2, 0) is 16.1 Å². The molecular weight excluding hydrogens is 222 g/mol.